The summed E-state index contributed by atoms with van der Waals surface area (Å²) in [5.74, 6) is 0. The highest BCUT2D eigenvalue weighted by Gasteiger charge is 2.27. The van der Waals surface area contributed by atoms with Crippen LogP contribution in [0.15, 0.2) is 47.4 Å². The van der Waals surface area contributed by atoms with E-state index in [0.29, 0.717) is 29.9 Å². The fraction of sp³-hybridized carbons (Fsp3) is 0.368. The summed E-state index contributed by atoms with van der Waals surface area (Å²) < 4.78 is 27.5. The Balaban J connectivity index is 1.83. The largest absolute Gasteiger partial charge is 0.381 e. The molecule has 0 aromatic heterocycles. The number of rotatable bonds is 6. The molecule has 1 N–H and O–H groups in total. The van der Waals surface area contributed by atoms with Crippen LogP contribution >= 0.6 is 0 Å². The van der Waals surface area contributed by atoms with Crippen LogP contribution in [0.4, 0.5) is 11.4 Å². The Bertz CT molecular complexity index is 938. The molecule has 8 heteroatoms. The van der Waals surface area contributed by atoms with Crippen LogP contribution < -0.4 is 5.32 Å². The average molecular weight is 389 g/mol. The summed E-state index contributed by atoms with van der Waals surface area (Å²) >= 11 is 0. The van der Waals surface area contributed by atoms with Crippen LogP contribution in [0.2, 0.25) is 0 Å². The van der Waals surface area contributed by atoms with Crippen molar-refractivity contribution in [1.29, 1.82) is 0 Å². The van der Waals surface area contributed by atoms with Crippen LogP contribution in [0.25, 0.3) is 0 Å². The molecule has 0 aliphatic carbocycles. The number of sulfonamides is 1. The van der Waals surface area contributed by atoms with Crippen molar-refractivity contribution in [3.63, 3.8) is 0 Å². The predicted molar refractivity (Wildman–Crippen MR) is 104 cm³/mol. The van der Waals surface area contributed by atoms with Gasteiger partial charge in [-0.25, -0.2) is 8.42 Å². The minimum Gasteiger partial charge on any atom is -0.381 e. The molecule has 3 rings (SSSR count). The van der Waals surface area contributed by atoms with E-state index in [-0.39, 0.29) is 17.1 Å². The quantitative estimate of drug-likeness (QED) is 0.601. The fourth-order valence-electron chi connectivity index (χ4n) is 3.27. The molecule has 0 radical (unpaired) electrons. The smallest absolute Gasteiger partial charge is 0.274 e. The summed E-state index contributed by atoms with van der Waals surface area (Å²) in [4.78, 5) is 11.0. The predicted octanol–water partition coefficient (Wildman–Crippen LogP) is 3.69. The molecule has 2 aromatic carbocycles. The van der Waals surface area contributed by atoms with E-state index < -0.39 is 14.9 Å². The molecule has 1 aliphatic heterocycles. The summed E-state index contributed by atoms with van der Waals surface area (Å²) in [7, 11) is -3.53. The van der Waals surface area contributed by atoms with Gasteiger partial charge in [-0.05, 0) is 37.5 Å². The zero-order valence-corrected chi connectivity index (χ0v) is 16.0. The first-order chi connectivity index (χ1) is 12.9. The molecule has 0 saturated carbocycles. The second-order valence-corrected chi connectivity index (χ2v) is 8.59. The van der Waals surface area contributed by atoms with E-state index in [1.165, 1.54) is 6.07 Å². The summed E-state index contributed by atoms with van der Waals surface area (Å²) in [6.45, 7) is 3.12. The van der Waals surface area contributed by atoms with E-state index in [9.17, 15) is 18.5 Å². The van der Waals surface area contributed by atoms with Gasteiger partial charge in [-0.2, -0.15) is 4.31 Å². The van der Waals surface area contributed by atoms with Crippen molar-refractivity contribution >= 4 is 21.4 Å². The highest BCUT2D eigenvalue weighted by atomic mass is 32.2. The summed E-state index contributed by atoms with van der Waals surface area (Å²) in [5, 5.41) is 14.2. The topological polar surface area (TPSA) is 92.5 Å². The van der Waals surface area contributed by atoms with Gasteiger partial charge in [-0.3, -0.25) is 10.1 Å². The van der Waals surface area contributed by atoms with Crippen LogP contribution in [0.5, 0.6) is 0 Å². The number of piperidine rings is 1. The van der Waals surface area contributed by atoms with Crippen LogP contribution in [0.1, 0.15) is 30.4 Å². The average Bonchev–Trinajstić information content (AvgIpc) is 2.68. The minimum absolute atomic E-state index is 0.0401. The lowest BCUT2D eigenvalue weighted by molar-refractivity contribution is -0.385. The Hall–Kier alpha value is -2.45. The van der Waals surface area contributed by atoms with Gasteiger partial charge in [0.25, 0.3) is 5.69 Å². The Morgan fingerprint density at radius 3 is 2.52 bits per heavy atom. The molecule has 0 unspecified atom stereocenters. The van der Waals surface area contributed by atoms with Crippen LogP contribution in [-0.4, -0.2) is 30.7 Å². The fourth-order valence-corrected chi connectivity index (χ4v) is 5.04. The van der Waals surface area contributed by atoms with Crippen LogP contribution in [0.3, 0.4) is 0 Å². The van der Waals surface area contributed by atoms with Crippen LogP contribution in [0, 0.1) is 17.0 Å². The number of benzene rings is 2. The van der Waals surface area contributed by atoms with Crippen molar-refractivity contribution in [1.82, 2.24) is 4.31 Å². The van der Waals surface area contributed by atoms with Crippen LogP contribution in [-0.2, 0) is 16.6 Å². The normalized spacial score (nSPS) is 15.4. The second-order valence-electron chi connectivity index (χ2n) is 6.68. The molecule has 1 heterocycles. The first-order valence-electron chi connectivity index (χ1n) is 8.96. The third-order valence-electron chi connectivity index (χ3n) is 4.79. The number of nitrogens with one attached hydrogen (secondary N) is 1. The maximum Gasteiger partial charge on any atom is 0.274 e. The van der Waals surface area contributed by atoms with E-state index >= 15 is 0 Å². The number of nitro benzene ring substituents is 1. The third kappa shape index (κ3) is 4.28. The Morgan fingerprint density at radius 2 is 1.81 bits per heavy atom. The number of para-hydroxylation sites is 1. The molecule has 144 valence electrons. The van der Waals surface area contributed by atoms with Gasteiger partial charge in [-0.1, -0.05) is 30.7 Å². The maximum absolute atomic E-state index is 13.0. The zero-order valence-electron chi connectivity index (χ0n) is 15.2. The Kier molecular flexibility index (Phi) is 5.76. The van der Waals surface area contributed by atoms with Gasteiger partial charge in [0.1, 0.15) is 0 Å². The lowest BCUT2D eigenvalue weighted by Gasteiger charge is -2.26. The molecule has 0 bridgehead atoms. The third-order valence-corrected chi connectivity index (χ3v) is 6.83. The first kappa shape index (κ1) is 19.3. The number of anilines is 1. The molecular formula is C19H23N3O4S. The first-order valence-corrected chi connectivity index (χ1v) is 10.4. The number of hydrogen-bond acceptors (Lipinski definition) is 5. The molecule has 2 aromatic rings. The molecular weight excluding hydrogens is 366 g/mol. The summed E-state index contributed by atoms with van der Waals surface area (Å²) in [6, 6.07) is 11.7. The number of aryl methyl sites for hydroxylation is 1. The molecule has 0 amide bonds. The molecule has 1 fully saturated rings. The van der Waals surface area contributed by atoms with E-state index in [1.54, 1.807) is 47.6 Å². The van der Waals surface area contributed by atoms with Crippen molar-refractivity contribution in [3.05, 3.63) is 63.7 Å². The standard InChI is InChI=1S/C19H23N3O4S/c1-15-9-10-17(20-14-16-7-3-4-8-18(16)22(23)24)13-19(15)27(25,26)21-11-5-2-6-12-21/h3-4,7-10,13,20H,2,5-6,11-12,14H2,1H3. The minimum atomic E-state index is -3.53. The van der Waals surface area contributed by atoms with Crippen molar-refractivity contribution in [2.24, 2.45) is 0 Å². The van der Waals surface area contributed by atoms with Crippen molar-refractivity contribution in [2.45, 2.75) is 37.6 Å². The number of nitro groups is 1. The zero-order chi connectivity index (χ0) is 19.4. The molecule has 27 heavy (non-hydrogen) atoms. The lowest BCUT2D eigenvalue weighted by atomic mass is 10.1. The van der Waals surface area contributed by atoms with E-state index in [4.69, 9.17) is 0 Å². The SMILES string of the molecule is Cc1ccc(NCc2ccccc2[N+](=O)[O-])cc1S(=O)(=O)N1CCCCC1. The van der Waals surface area contributed by atoms with E-state index in [0.717, 1.165) is 19.3 Å². The van der Waals surface area contributed by atoms with Gasteiger partial charge in [0.15, 0.2) is 0 Å². The monoisotopic (exact) mass is 389 g/mol. The Labute approximate surface area is 159 Å². The summed E-state index contributed by atoms with van der Waals surface area (Å²) in [6.07, 6.45) is 2.82. The number of nitrogens with zero attached hydrogens (tertiary/aromatic N) is 2. The van der Waals surface area contributed by atoms with Gasteiger partial charge < -0.3 is 5.32 Å². The number of hydrogen-bond donors (Lipinski definition) is 1. The molecule has 0 spiro atoms. The molecule has 1 aliphatic rings. The molecule has 0 atom stereocenters. The van der Waals surface area contributed by atoms with Crippen molar-refractivity contribution in [3.8, 4) is 0 Å². The second kappa shape index (κ2) is 8.06. The highest BCUT2D eigenvalue weighted by molar-refractivity contribution is 7.89. The van der Waals surface area contributed by atoms with Crippen molar-refractivity contribution in [2.75, 3.05) is 18.4 Å². The molecule has 7 nitrogen and oxygen atoms in total. The molecule has 1 saturated heterocycles. The van der Waals surface area contributed by atoms with Gasteiger partial charge in [-0.15, -0.1) is 0 Å². The van der Waals surface area contributed by atoms with E-state index in [2.05, 4.69) is 5.32 Å². The Morgan fingerprint density at radius 1 is 1.11 bits per heavy atom. The maximum atomic E-state index is 13.0. The lowest BCUT2D eigenvalue weighted by Crippen LogP contribution is -2.36. The van der Waals surface area contributed by atoms with Gasteiger partial charge >= 0.3 is 0 Å². The van der Waals surface area contributed by atoms with Gasteiger partial charge in [0.2, 0.25) is 10.0 Å². The summed E-state index contributed by atoms with van der Waals surface area (Å²) in [5.41, 5.74) is 1.90. The van der Waals surface area contributed by atoms with E-state index in [1.807, 2.05) is 0 Å². The van der Waals surface area contributed by atoms with Crippen molar-refractivity contribution < 1.29 is 13.3 Å². The van der Waals surface area contributed by atoms with Gasteiger partial charge in [0, 0.05) is 37.0 Å². The van der Waals surface area contributed by atoms with Gasteiger partial charge in [0.05, 0.1) is 9.82 Å². The highest BCUT2D eigenvalue weighted by Crippen LogP contribution is 2.27.